The summed E-state index contributed by atoms with van der Waals surface area (Å²) in [6.07, 6.45) is 2.02. The number of benzene rings is 2. The lowest BCUT2D eigenvalue weighted by Gasteiger charge is -2.22. The molecule has 2 unspecified atom stereocenters. The minimum Gasteiger partial charge on any atom is -0.427 e. The highest BCUT2D eigenvalue weighted by atomic mass is 31.2. The summed E-state index contributed by atoms with van der Waals surface area (Å²) in [5, 5.41) is 10.3. The Balaban J connectivity index is 1.68. The molecule has 178 valence electrons. The highest BCUT2D eigenvalue weighted by molar-refractivity contribution is 7.39. The highest BCUT2D eigenvalue weighted by Crippen LogP contribution is 2.30. The van der Waals surface area contributed by atoms with Gasteiger partial charge in [0.25, 0.3) is 5.91 Å². The third kappa shape index (κ3) is 6.28. The molecule has 1 saturated heterocycles. The third-order valence-corrected chi connectivity index (χ3v) is 5.81. The van der Waals surface area contributed by atoms with Gasteiger partial charge in [0, 0.05) is 12.7 Å². The van der Waals surface area contributed by atoms with Crippen molar-refractivity contribution < 1.29 is 33.7 Å². The number of rotatable bonds is 11. The lowest BCUT2D eigenvalue weighted by molar-refractivity contribution is -0.127. The average molecular weight is 476 g/mol. The standard InChI is InChI=1S/C23H29N2O7P/c1-3-4-8-21(26)17-9-11-18(12-10-17)25-20(22(27)24(2)23(25)28)15-31-14-16-6-5-7-19(13-16)32-33(29)30/h5-7,9-13,20-21,26,29-30H,3-4,8,14-15H2,1-2H3. The van der Waals surface area contributed by atoms with Crippen LogP contribution >= 0.6 is 8.60 Å². The number of unbranched alkanes of at least 4 members (excludes halogenated alkanes) is 1. The van der Waals surface area contributed by atoms with Crippen molar-refractivity contribution in [3.63, 3.8) is 0 Å². The second kappa shape index (κ2) is 11.5. The summed E-state index contributed by atoms with van der Waals surface area (Å²) in [7, 11) is -1.08. The first kappa shape index (κ1) is 25.1. The quantitative estimate of drug-likeness (QED) is 0.335. The summed E-state index contributed by atoms with van der Waals surface area (Å²) in [6, 6.07) is 12.4. The zero-order valence-electron chi connectivity index (χ0n) is 18.6. The SMILES string of the molecule is CCCCC(O)c1ccc(N2C(=O)N(C)C(=O)C2COCc2cccc(OP(O)O)c2)cc1. The summed E-state index contributed by atoms with van der Waals surface area (Å²) in [6.45, 7) is 2.19. The molecule has 1 heterocycles. The average Bonchev–Trinajstić information content (AvgIpc) is 3.01. The van der Waals surface area contributed by atoms with Crippen molar-refractivity contribution in [3.05, 3.63) is 59.7 Å². The van der Waals surface area contributed by atoms with Crippen LogP contribution in [0.3, 0.4) is 0 Å². The largest absolute Gasteiger partial charge is 0.427 e. The van der Waals surface area contributed by atoms with Crippen LogP contribution in [0.15, 0.2) is 48.5 Å². The number of imide groups is 1. The van der Waals surface area contributed by atoms with E-state index in [0.29, 0.717) is 23.4 Å². The van der Waals surface area contributed by atoms with Gasteiger partial charge in [0.1, 0.15) is 11.8 Å². The summed E-state index contributed by atoms with van der Waals surface area (Å²) >= 11 is 0. The summed E-state index contributed by atoms with van der Waals surface area (Å²) in [4.78, 5) is 45.9. The number of hydrogen-bond acceptors (Lipinski definition) is 7. The second-order valence-electron chi connectivity index (χ2n) is 7.82. The number of carbonyl (C=O) groups is 2. The number of ether oxygens (including phenoxy) is 1. The highest BCUT2D eigenvalue weighted by Gasteiger charge is 2.44. The number of urea groups is 1. The fourth-order valence-corrected chi connectivity index (χ4v) is 3.96. The lowest BCUT2D eigenvalue weighted by atomic mass is 10.0. The van der Waals surface area contributed by atoms with E-state index < -0.39 is 26.8 Å². The van der Waals surface area contributed by atoms with E-state index >= 15 is 0 Å². The molecular weight excluding hydrogens is 447 g/mol. The summed E-state index contributed by atoms with van der Waals surface area (Å²) in [5.41, 5.74) is 2.03. The summed E-state index contributed by atoms with van der Waals surface area (Å²) in [5.74, 6) is -0.0720. The van der Waals surface area contributed by atoms with Crippen LogP contribution in [0.25, 0.3) is 0 Å². The van der Waals surface area contributed by atoms with Gasteiger partial charge in [0.2, 0.25) is 0 Å². The van der Waals surface area contributed by atoms with Crippen molar-refractivity contribution >= 4 is 26.2 Å². The van der Waals surface area contributed by atoms with E-state index in [9.17, 15) is 14.7 Å². The molecular formula is C23H29N2O7P. The molecule has 0 radical (unpaired) electrons. The van der Waals surface area contributed by atoms with E-state index in [1.54, 1.807) is 48.5 Å². The first-order valence-corrected chi connectivity index (χ1v) is 11.9. The van der Waals surface area contributed by atoms with Crippen LogP contribution in [-0.2, 0) is 16.1 Å². The van der Waals surface area contributed by atoms with E-state index in [1.807, 2.05) is 0 Å². The van der Waals surface area contributed by atoms with Gasteiger partial charge in [-0.3, -0.25) is 14.6 Å². The molecule has 0 saturated carbocycles. The Kier molecular flexibility index (Phi) is 8.77. The number of aliphatic hydroxyl groups is 1. The van der Waals surface area contributed by atoms with Crippen LogP contribution in [0.1, 0.15) is 43.4 Å². The molecule has 0 spiro atoms. The molecule has 0 bridgehead atoms. The molecule has 0 aliphatic carbocycles. The zero-order chi connectivity index (χ0) is 24.0. The maximum absolute atomic E-state index is 12.7. The van der Waals surface area contributed by atoms with Gasteiger partial charge in [-0.2, -0.15) is 0 Å². The van der Waals surface area contributed by atoms with Gasteiger partial charge in [-0.25, -0.2) is 4.79 Å². The number of aliphatic hydroxyl groups excluding tert-OH is 1. The molecule has 3 N–H and O–H groups in total. The van der Waals surface area contributed by atoms with Crippen molar-refractivity contribution in [3.8, 4) is 5.75 Å². The third-order valence-electron chi connectivity index (χ3n) is 5.44. The molecule has 1 aliphatic heterocycles. The molecule has 3 amide bonds. The lowest BCUT2D eigenvalue weighted by Crippen LogP contribution is -2.38. The number of amides is 3. The maximum Gasteiger partial charge on any atom is 0.391 e. The number of carbonyl (C=O) groups excluding carboxylic acids is 2. The number of nitrogens with zero attached hydrogens (tertiary/aromatic N) is 2. The predicted molar refractivity (Wildman–Crippen MR) is 123 cm³/mol. The molecule has 33 heavy (non-hydrogen) atoms. The van der Waals surface area contributed by atoms with Crippen molar-refractivity contribution in [2.24, 2.45) is 0 Å². The summed E-state index contributed by atoms with van der Waals surface area (Å²) < 4.78 is 10.6. The molecule has 0 aromatic heterocycles. The van der Waals surface area contributed by atoms with Crippen molar-refractivity contribution in [1.29, 1.82) is 0 Å². The van der Waals surface area contributed by atoms with E-state index in [-0.39, 0.29) is 19.1 Å². The van der Waals surface area contributed by atoms with E-state index in [2.05, 4.69) is 6.92 Å². The van der Waals surface area contributed by atoms with E-state index in [4.69, 9.17) is 19.0 Å². The predicted octanol–water partition coefficient (Wildman–Crippen LogP) is 3.48. The first-order valence-electron chi connectivity index (χ1n) is 10.7. The molecule has 1 aliphatic rings. The molecule has 1 fully saturated rings. The van der Waals surface area contributed by atoms with E-state index in [1.165, 1.54) is 11.9 Å². The van der Waals surface area contributed by atoms with Gasteiger partial charge in [0.05, 0.1) is 19.3 Å². The minimum atomic E-state index is -2.52. The smallest absolute Gasteiger partial charge is 0.391 e. The normalized spacial score (nSPS) is 17.2. The molecule has 2 aromatic rings. The Morgan fingerprint density at radius 3 is 2.52 bits per heavy atom. The van der Waals surface area contributed by atoms with Gasteiger partial charge in [-0.15, -0.1) is 0 Å². The van der Waals surface area contributed by atoms with Crippen LogP contribution < -0.4 is 9.42 Å². The monoisotopic (exact) mass is 476 g/mol. The zero-order valence-corrected chi connectivity index (χ0v) is 19.5. The Labute approximate surface area is 194 Å². The van der Waals surface area contributed by atoms with Crippen LogP contribution in [0.4, 0.5) is 10.5 Å². The Hall–Kier alpha value is -2.55. The van der Waals surface area contributed by atoms with Crippen LogP contribution in [-0.4, -0.2) is 51.4 Å². The second-order valence-corrected chi connectivity index (χ2v) is 8.51. The Bertz CT molecular complexity index is 954. The topological polar surface area (TPSA) is 120 Å². The van der Waals surface area contributed by atoms with Crippen molar-refractivity contribution in [1.82, 2.24) is 4.90 Å². The molecule has 10 heteroatoms. The van der Waals surface area contributed by atoms with E-state index in [0.717, 1.165) is 23.3 Å². The van der Waals surface area contributed by atoms with Gasteiger partial charge < -0.3 is 24.2 Å². The minimum absolute atomic E-state index is 0.0203. The van der Waals surface area contributed by atoms with Gasteiger partial charge in [0.15, 0.2) is 0 Å². The van der Waals surface area contributed by atoms with Gasteiger partial charge in [-0.1, -0.05) is 44.0 Å². The van der Waals surface area contributed by atoms with Gasteiger partial charge >= 0.3 is 14.6 Å². The van der Waals surface area contributed by atoms with Crippen molar-refractivity contribution in [2.45, 2.75) is 44.9 Å². The fourth-order valence-electron chi connectivity index (χ4n) is 3.66. The van der Waals surface area contributed by atoms with Crippen LogP contribution in [0.2, 0.25) is 0 Å². The van der Waals surface area contributed by atoms with Gasteiger partial charge in [-0.05, 0) is 41.8 Å². The number of likely N-dealkylation sites (N-methyl/N-ethyl adjacent to an activating group) is 1. The fraction of sp³-hybridized carbons (Fsp3) is 0.391. The first-order chi connectivity index (χ1) is 15.8. The van der Waals surface area contributed by atoms with Crippen LogP contribution in [0.5, 0.6) is 5.75 Å². The molecule has 3 rings (SSSR count). The number of anilines is 1. The van der Waals surface area contributed by atoms with Crippen molar-refractivity contribution in [2.75, 3.05) is 18.6 Å². The molecule has 9 nitrogen and oxygen atoms in total. The van der Waals surface area contributed by atoms with Crippen LogP contribution in [0, 0.1) is 0 Å². The maximum atomic E-state index is 12.7. The molecule has 2 aromatic carbocycles. The Morgan fingerprint density at radius 2 is 1.85 bits per heavy atom. The molecule has 2 atom stereocenters. The number of hydrogen-bond donors (Lipinski definition) is 3. The Morgan fingerprint density at radius 1 is 1.12 bits per heavy atom.